The number of methoxy groups -OCH3 is 1. The van der Waals surface area contributed by atoms with E-state index in [9.17, 15) is 18.0 Å². The lowest BCUT2D eigenvalue weighted by molar-refractivity contribution is -0.151. The van der Waals surface area contributed by atoms with Crippen LogP contribution in [-0.4, -0.2) is 56.9 Å². The fourth-order valence-electron chi connectivity index (χ4n) is 4.15. The highest BCUT2D eigenvalue weighted by Crippen LogP contribution is 2.25. The zero-order chi connectivity index (χ0) is 22.9. The maximum atomic E-state index is 13.0. The van der Waals surface area contributed by atoms with Gasteiger partial charge in [0.25, 0.3) is 0 Å². The van der Waals surface area contributed by atoms with Gasteiger partial charge in [0.2, 0.25) is 21.8 Å². The van der Waals surface area contributed by atoms with Crippen LogP contribution in [0.25, 0.3) is 0 Å². The lowest BCUT2D eigenvalue weighted by Crippen LogP contribution is -2.67. The molecule has 0 aliphatic carbocycles. The van der Waals surface area contributed by atoms with E-state index in [1.54, 1.807) is 12.0 Å². The normalized spacial score (nSPS) is 23.4. The molecular weight excluding hydrogens is 454 g/mol. The van der Waals surface area contributed by atoms with Crippen LogP contribution in [0, 0.1) is 0 Å². The van der Waals surface area contributed by atoms with E-state index in [0.717, 1.165) is 11.3 Å². The van der Waals surface area contributed by atoms with E-state index >= 15 is 0 Å². The average molecular weight is 478 g/mol. The van der Waals surface area contributed by atoms with Gasteiger partial charge < -0.3 is 15.0 Å². The Hall–Kier alpha value is -2.62. The van der Waals surface area contributed by atoms with Crippen molar-refractivity contribution >= 4 is 33.4 Å². The minimum absolute atomic E-state index is 0.105. The second-order valence-corrected chi connectivity index (χ2v) is 10.1. The van der Waals surface area contributed by atoms with Gasteiger partial charge in [-0.2, -0.15) is 0 Å². The Labute approximate surface area is 191 Å². The number of benzene rings is 2. The minimum Gasteiger partial charge on any atom is -0.497 e. The molecule has 2 saturated heterocycles. The Balaban J connectivity index is 1.41. The Morgan fingerprint density at radius 2 is 1.81 bits per heavy atom. The van der Waals surface area contributed by atoms with Gasteiger partial charge in [-0.05, 0) is 54.8 Å². The average Bonchev–Trinajstić information content (AvgIpc) is 2.78. The van der Waals surface area contributed by atoms with Gasteiger partial charge in [0, 0.05) is 24.0 Å². The summed E-state index contributed by atoms with van der Waals surface area (Å²) in [5.74, 6) is 0.305. The smallest absolute Gasteiger partial charge is 0.246 e. The molecule has 2 aliphatic heterocycles. The van der Waals surface area contributed by atoms with Crippen molar-refractivity contribution in [1.29, 1.82) is 0 Å². The maximum Gasteiger partial charge on any atom is 0.246 e. The van der Waals surface area contributed by atoms with Crippen molar-refractivity contribution in [2.75, 3.05) is 13.7 Å². The lowest BCUT2D eigenvalue weighted by Gasteiger charge is -2.44. The summed E-state index contributed by atoms with van der Waals surface area (Å²) in [4.78, 5) is 27.5. The number of piperazine rings is 1. The first-order valence-electron chi connectivity index (χ1n) is 10.3. The molecule has 0 radical (unpaired) electrons. The Kier molecular flexibility index (Phi) is 6.41. The molecule has 0 bridgehead atoms. The van der Waals surface area contributed by atoms with E-state index < -0.39 is 28.1 Å². The molecule has 10 heteroatoms. The molecule has 3 unspecified atom stereocenters. The highest BCUT2D eigenvalue weighted by atomic mass is 35.5. The molecule has 2 N–H and O–H groups in total. The van der Waals surface area contributed by atoms with E-state index in [1.165, 1.54) is 24.3 Å². The largest absolute Gasteiger partial charge is 0.497 e. The molecule has 4 rings (SSSR count). The van der Waals surface area contributed by atoms with Gasteiger partial charge in [-0.1, -0.05) is 23.7 Å². The number of piperidine rings is 1. The number of carbonyl (C=O) groups is 2. The predicted octanol–water partition coefficient (Wildman–Crippen LogP) is 1.73. The molecule has 8 nitrogen and oxygen atoms in total. The lowest BCUT2D eigenvalue weighted by atomic mass is 9.92. The molecule has 32 heavy (non-hydrogen) atoms. The number of halogens is 1. The highest BCUT2D eigenvalue weighted by Gasteiger charge is 2.44. The van der Waals surface area contributed by atoms with E-state index in [4.69, 9.17) is 16.3 Å². The van der Waals surface area contributed by atoms with Crippen LogP contribution in [0.4, 0.5) is 0 Å². The van der Waals surface area contributed by atoms with Gasteiger partial charge in [-0.15, -0.1) is 0 Å². The number of sulfonamides is 1. The molecule has 0 saturated carbocycles. The molecule has 2 aliphatic rings. The summed E-state index contributed by atoms with van der Waals surface area (Å²) in [6.45, 7) is 0.309. The number of nitrogens with zero attached hydrogens (tertiary/aromatic N) is 1. The van der Waals surface area contributed by atoms with Crippen LogP contribution >= 0.6 is 11.6 Å². The number of carbonyl (C=O) groups excluding carboxylic acids is 2. The molecule has 3 atom stereocenters. The van der Waals surface area contributed by atoms with Crippen molar-refractivity contribution in [2.45, 2.75) is 42.3 Å². The van der Waals surface area contributed by atoms with E-state index in [-0.39, 0.29) is 23.1 Å². The van der Waals surface area contributed by atoms with Gasteiger partial charge in [0.05, 0.1) is 12.0 Å². The van der Waals surface area contributed by atoms with Crippen LogP contribution in [0.5, 0.6) is 5.75 Å². The summed E-state index contributed by atoms with van der Waals surface area (Å²) in [6, 6.07) is 11.4. The second kappa shape index (κ2) is 9.09. The maximum absolute atomic E-state index is 13.0. The third-order valence-corrected chi connectivity index (χ3v) is 7.64. The Morgan fingerprint density at radius 3 is 2.47 bits per heavy atom. The summed E-state index contributed by atoms with van der Waals surface area (Å²) in [6.07, 6.45) is 1.03. The number of hydrogen-bond donors (Lipinski definition) is 2. The third-order valence-electron chi connectivity index (χ3n) is 5.85. The summed E-state index contributed by atoms with van der Waals surface area (Å²) in [5, 5.41) is 3.25. The first-order valence-corrected chi connectivity index (χ1v) is 12.1. The molecule has 2 fully saturated rings. The third kappa shape index (κ3) is 4.74. The Bertz CT molecular complexity index is 1110. The second-order valence-electron chi connectivity index (χ2n) is 7.96. The molecular formula is C22H24ClN3O5S. The van der Waals surface area contributed by atoms with Crippen LogP contribution in [0.3, 0.4) is 0 Å². The topological polar surface area (TPSA) is 105 Å². The van der Waals surface area contributed by atoms with Gasteiger partial charge in [0.1, 0.15) is 17.8 Å². The number of rotatable bonds is 6. The molecule has 2 aromatic rings. The SMILES string of the molecule is COc1ccc(CC2NC(=O)C3CC(NS(=O)(=O)c4ccc(Cl)cc4)CCN3C2=O)cc1. The van der Waals surface area contributed by atoms with Crippen molar-refractivity contribution in [2.24, 2.45) is 0 Å². The number of amides is 2. The van der Waals surface area contributed by atoms with Gasteiger partial charge in [-0.3, -0.25) is 9.59 Å². The zero-order valence-electron chi connectivity index (χ0n) is 17.5. The van der Waals surface area contributed by atoms with Crippen molar-refractivity contribution in [3.8, 4) is 5.75 Å². The molecule has 0 spiro atoms. The molecule has 2 heterocycles. The molecule has 0 aromatic heterocycles. The number of nitrogens with one attached hydrogen (secondary N) is 2. The first kappa shape index (κ1) is 22.6. The Morgan fingerprint density at radius 1 is 1.12 bits per heavy atom. The number of ether oxygens (including phenoxy) is 1. The predicted molar refractivity (Wildman–Crippen MR) is 119 cm³/mol. The summed E-state index contributed by atoms with van der Waals surface area (Å²) >= 11 is 5.83. The zero-order valence-corrected chi connectivity index (χ0v) is 19.0. The highest BCUT2D eigenvalue weighted by molar-refractivity contribution is 7.89. The van der Waals surface area contributed by atoms with Crippen molar-refractivity contribution in [3.05, 3.63) is 59.1 Å². The summed E-state index contributed by atoms with van der Waals surface area (Å²) in [5.41, 5.74) is 0.911. The fraction of sp³-hybridized carbons (Fsp3) is 0.364. The van der Waals surface area contributed by atoms with Crippen LogP contribution < -0.4 is 14.8 Å². The number of fused-ring (bicyclic) bond motifs is 1. The van der Waals surface area contributed by atoms with Crippen LogP contribution in [0.2, 0.25) is 5.02 Å². The van der Waals surface area contributed by atoms with Crippen molar-refractivity contribution in [3.63, 3.8) is 0 Å². The monoisotopic (exact) mass is 477 g/mol. The molecule has 2 aromatic carbocycles. The van der Waals surface area contributed by atoms with Crippen LogP contribution in [-0.2, 0) is 26.0 Å². The quantitative estimate of drug-likeness (QED) is 0.659. The standard InChI is InChI=1S/C22H24ClN3O5S/c1-31-17-6-2-14(3-7-17)12-19-22(28)26-11-10-16(13-20(26)21(27)24-19)25-32(29,30)18-8-4-15(23)5-9-18/h2-9,16,19-20,25H,10-13H2,1H3,(H,24,27). The van der Waals surface area contributed by atoms with Crippen LogP contribution in [0.15, 0.2) is 53.4 Å². The summed E-state index contributed by atoms with van der Waals surface area (Å²) < 4.78 is 33.2. The number of hydrogen-bond acceptors (Lipinski definition) is 5. The van der Waals surface area contributed by atoms with Crippen molar-refractivity contribution in [1.82, 2.24) is 14.9 Å². The minimum atomic E-state index is -3.76. The van der Waals surface area contributed by atoms with Gasteiger partial charge in [-0.25, -0.2) is 13.1 Å². The van der Waals surface area contributed by atoms with Gasteiger partial charge >= 0.3 is 0 Å². The summed E-state index contributed by atoms with van der Waals surface area (Å²) in [7, 11) is -2.17. The van der Waals surface area contributed by atoms with Gasteiger partial charge in [0.15, 0.2) is 0 Å². The van der Waals surface area contributed by atoms with E-state index in [1.807, 2.05) is 24.3 Å². The van der Waals surface area contributed by atoms with E-state index in [2.05, 4.69) is 10.0 Å². The van der Waals surface area contributed by atoms with E-state index in [0.29, 0.717) is 24.4 Å². The van der Waals surface area contributed by atoms with Crippen molar-refractivity contribution < 1.29 is 22.7 Å². The fourth-order valence-corrected chi connectivity index (χ4v) is 5.56. The molecule has 170 valence electrons. The first-order chi connectivity index (χ1) is 15.3. The van der Waals surface area contributed by atoms with Crippen LogP contribution in [0.1, 0.15) is 18.4 Å². The molecule has 2 amide bonds.